The molecule has 0 radical (unpaired) electrons. The molecule has 1 aromatic carbocycles. The molecule has 2 aromatic rings. The lowest BCUT2D eigenvalue weighted by Crippen LogP contribution is -2.28. The Labute approximate surface area is 145 Å². The van der Waals surface area contributed by atoms with Crippen LogP contribution in [-0.4, -0.2) is 29.1 Å². The molecule has 1 aliphatic carbocycles. The van der Waals surface area contributed by atoms with Crippen LogP contribution in [0.15, 0.2) is 59.8 Å². The number of hydrogen-bond donors (Lipinski definition) is 1. The van der Waals surface area contributed by atoms with Crippen LogP contribution in [0.5, 0.6) is 5.88 Å². The van der Waals surface area contributed by atoms with E-state index in [1.54, 1.807) is 30.5 Å². The number of hydrogen-bond acceptors (Lipinski definition) is 4. The van der Waals surface area contributed by atoms with Gasteiger partial charge in [0.05, 0.1) is 19.0 Å². The second-order valence-corrected chi connectivity index (χ2v) is 5.65. The van der Waals surface area contributed by atoms with E-state index in [2.05, 4.69) is 4.98 Å². The number of anilines is 2. The third kappa shape index (κ3) is 3.38. The molecule has 0 atom stereocenters. The van der Waals surface area contributed by atoms with Gasteiger partial charge in [-0.05, 0) is 37.5 Å². The minimum absolute atomic E-state index is 0.201. The van der Waals surface area contributed by atoms with Crippen LogP contribution in [0.4, 0.5) is 11.4 Å². The summed E-state index contributed by atoms with van der Waals surface area (Å²) in [5.41, 5.74) is 1.77. The van der Waals surface area contributed by atoms with E-state index in [9.17, 15) is 14.7 Å². The van der Waals surface area contributed by atoms with E-state index in [1.165, 1.54) is 12.0 Å². The molecule has 6 heteroatoms. The maximum Gasteiger partial charge on any atom is 0.332 e. The van der Waals surface area contributed by atoms with Crippen molar-refractivity contribution in [1.29, 1.82) is 0 Å². The number of pyridine rings is 1. The van der Waals surface area contributed by atoms with E-state index in [1.807, 2.05) is 18.2 Å². The minimum Gasteiger partial charge on any atom is -0.481 e. The van der Waals surface area contributed by atoms with Crippen LogP contribution in [0, 0.1) is 0 Å². The van der Waals surface area contributed by atoms with Gasteiger partial charge in [-0.1, -0.05) is 18.2 Å². The molecule has 128 valence electrons. The number of carbonyl (C=O) groups excluding carboxylic acids is 1. The second kappa shape index (κ2) is 7.17. The Morgan fingerprint density at radius 1 is 1.04 bits per heavy atom. The predicted octanol–water partition coefficient (Wildman–Crippen LogP) is 3.32. The maximum atomic E-state index is 13.2. The zero-order valence-electron chi connectivity index (χ0n) is 13.8. The predicted molar refractivity (Wildman–Crippen MR) is 92.9 cm³/mol. The number of methoxy groups -OCH3 is 1. The third-order valence-corrected chi connectivity index (χ3v) is 4.14. The molecule has 25 heavy (non-hydrogen) atoms. The highest BCUT2D eigenvalue weighted by atomic mass is 16.5. The van der Waals surface area contributed by atoms with E-state index in [0.717, 1.165) is 0 Å². The average Bonchev–Trinajstić information content (AvgIpc) is 3.13. The Morgan fingerprint density at radius 2 is 1.76 bits per heavy atom. The Kier molecular flexibility index (Phi) is 4.79. The van der Waals surface area contributed by atoms with Gasteiger partial charge in [0.1, 0.15) is 0 Å². The summed E-state index contributed by atoms with van der Waals surface area (Å²) in [6.07, 6.45) is 3.10. The van der Waals surface area contributed by atoms with E-state index in [4.69, 9.17) is 4.74 Å². The fourth-order valence-electron chi connectivity index (χ4n) is 2.94. The minimum atomic E-state index is -1.03. The van der Waals surface area contributed by atoms with Gasteiger partial charge in [0.2, 0.25) is 5.88 Å². The van der Waals surface area contributed by atoms with Gasteiger partial charge in [0.25, 0.3) is 5.91 Å². The Hall–Kier alpha value is -3.15. The molecule has 6 nitrogen and oxygen atoms in total. The van der Waals surface area contributed by atoms with Crippen LogP contribution in [0.1, 0.15) is 19.3 Å². The van der Waals surface area contributed by atoms with E-state index < -0.39 is 5.97 Å². The highest BCUT2D eigenvalue weighted by Gasteiger charge is 2.30. The van der Waals surface area contributed by atoms with Gasteiger partial charge in [-0.3, -0.25) is 9.69 Å². The van der Waals surface area contributed by atoms with Crippen molar-refractivity contribution in [3.05, 3.63) is 59.8 Å². The molecule has 1 aromatic heterocycles. The SMILES string of the molecule is COc1ccc(N(C(=O)C2=C(C(=O)O)CCC2)c2ccccc2)cn1. The zero-order chi connectivity index (χ0) is 17.8. The standard InChI is InChI=1S/C19H18N2O4/c1-25-17-11-10-14(12-20-17)21(13-6-3-2-4-7-13)18(22)15-8-5-9-16(15)19(23)24/h2-4,6-7,10-12H,5,8-9H2,1H3,(H,23,24). The van der Waals surface area contributed by atoms with Crippen LogP contribution in [0.3, 0.4) is 0 Å². The lowest BCUT2D eigenvalue weighted by atomic mass is 10.1. The summed E-state index contributed by atoms with van der Waals surface area (Å²) in [5.74, 6) is -0.912. The topological polar surface area (TPSA) is 79.7 Å². The molecule has 0 saturated carbocycles. The molecule has 1 N–H and O–H groups in total. The number of aliphatic carboxylic acids is 1. The van der Waals surface area contributed by atoms with Crippen molar-refractivity contribution in [2.75, 3.05) is 12.0 Å². The third-order valence-electron chi connectivity index (χ3n) is 4.14. The first-order valence-corrected chi connectivity index (χ1v) is 7.96. The number of rotatable bonds is 5. The first-order chi connectivity index (χ1) is 12.1. The average molecular weight is 338 g/mol. The number of amides is 1. The largest absolute Gasteiger partial charge is 0.481 e. The molecule has 0 fully saturated rings. The lowest BCUT2D eigenvalue weighted by Gasteiger charge is -2.23. The molecule has 0 spiro atoms. The molecule has 1 amide bonds. The fourth-order valence-corrected chi connectivity index (χ4v) is 2.94. The molecular weight excluding hydrogens is 320 g/mol. The van der Waals surface area contributed by atoms with Gasteiger partial charge in [0.15, 0.2) is 0 Å². The van der Waals surface area contributed by atoms with Gasteiger partial charge in [-0.25, -0.2) is 9.78 Å². The molecule has 1 heterocycles. The summed E-state index contributed by atoms with van der Waals surface area (Å²) in [4.78, 5) is 30.3. The van der Waals surface area contributed by atoms with Crippen LogP contribution in [-0.2, 0) is 9.59 Å². The Balaban J connectivity index is 2.06. The van der Waals surface area contributed by atoms with Crippen molar-refractivity contribution in [3.63, 3.8) is 0 Å². The summed E-state index contributed by atoms with van der Waals surface area (Å²) in [5, 5.41) is 9.37. The number of ether oxygens (including phenoxy) is 1. The molecular formula is C19H18N2O4. The van der Waals surface area contributed by atoms with Gasteiger partial charge in [0, 0.05) is 22.9 Å². The summed E-state index contributed by atoms with van der Waals surface area (Å²) < 4.78 is 5.06. The van der Waals surface area contributed by atoms with Crippen molar-refractivity contribution in [1.82, 2.24) is 4.98 Å². The van der Waals surface area contributed by atoms with Gasteiger partial charge in [-0.2, -0.15) is 0 Å². The molecule has 0 saturated heterocycles. The highest BCUT2D eigenvalue weighted by molar-refractivity contribution is 6.14. The summed E-state index contributed by atoms with van der Waals surface area (Å²) in [7, 11) is 1.52. The van der Waals surface area contributed by atoms with Crippen molar-refractivity contribution in [2.24, 2.45) is 0 Å². The van der Waals surface area contributed by atoms with Crippen LogP contribution >= 0.6 is 0 Å². The van der Waals surface area contributed by atoms with E-state index in [0.29, 0.717) is 42.1 Å². The smallest absolute Gasteiger partial charge is 0.332 e. The second-order valence-electron chi connectivity index (χ2n) is 5.65. The number of para-hydroxylation sites is 1. The number of benzene rings is 1. The van der Waals surface area contributed by atoms with Gasteiger partial charge >= 0.3 is 5.97 Å². The Morgan fingerprint density at radius 3 is 2.36 bits per heavy atom. The first kappa shape index (κ1) is 16.7. The van der Waals surface area contributed by atoms with Crippen LogP contribution in [0.25, 0.3) is 0 Å². The summed E-state index contributed by atoms with van der Waals surface area (Å²) in [6, 6.07) is 12.5. The monoisotopic (exact) mass is 338 g/mol. The van der Waals surface area contributed by atoms with Gasteiger partial charge in [-0.15, -0.1) is 0 Å². The van der Waals surface area contributed by atoms with Crippen molar-refractivity contribution >= 4 is 23.3 Å². The Bertz CT molecular complexity index is 813. The molecule has 0 bridgehead atoms. The highest BCUT2D eigenvalue weighted by Crippen LogP contribution is 2.33. The quantitative estimate of drug-likeness (QED) is 0.904. The van der Waals surface area contributed by atoms with Crippen LogP contribution < -0.4 is 9.64 Å². The number of carboxylic acids is 1. The van der Waals surface area contributed by atoms with Crippen molar-refractivity contribution < 1.29 is 19.4 Å². The molecule has 0 unspecified atom stereocenters. The summed E-state index contributed by atoms with van der Waals surface area (Å²) in [6.45, 7) is 0. The molecule has 1 aliphatic rings. The molecule has 3 rings (SSSR count). The lowest BCUT2D eigenvalue weighted by molar-refractivity contribution is -0.133. The van der Waals surface area contributed by atoms with Crippen molar-refractivity contribution in [2.45, 2.75) is 19.3 Å². The maximum absolute atomic E-state index is 13.2. The number of aromatic nitrogens is 1. The number of carbonyl (C=O) groups is 2. The number of nitrogens with zero attached hydrogens (tertiary/aromatic N) is 2. The van der Waals surface area contributed by atoms with E-state index >= 15 is 0 Å². The zero-order valence-corrected chi connectivity index (χ0v) is 13.8. The van der Waals surface area contributed by atoms with Crippen molar-refractivity contribution in [3.8, 4) is 5.88 Å². The summed E-state index contributed by atoms with van der Waals surface area (Å²) >= 11 is 0. The number of carboxylic acid groups (broad SMARTS) is 1. The first-order valence-electron chi connectivity index (χ1n) is 7.96. The van der Waals surface area contributed by atoms with E-state index in [-0.39, 0.29) is 11.5 Å². The van der Waals surface area contributed by atoms with Crippen LogP contribution in [0.2, 0.25) is 0 Å². The van der Waals surface area contributed by atoms with Gasteiger partial charge < -0.3 is 9.84 Å². The normalized spacial score (nSPS) is 13.6. The fraction of sp³-hybridized carbons (Fsp3) is 0.211. The molecule has 0 aliphatic heterocycles.